The number of amides is 2. The highest BCUT2D eigenvalue weighted by atomic mass is 16.3. The minimum absolute atomic E-state index is 0.0656. The Morgan fingerprint density at radius 2 is 2.07 bits per heavy atom. The van der Waals surface area contributed by atoms with E-state index in [-0.39, 0.29) is 12.1 Å². The number of nitrogens with one attached hydrogen (secondary N) is 2. The first-order chi connectivity index (χ1) is 13.2. The molecule has 0 spiro atoms. The van der Waals surface area contributed by atoms with Crippen molar-refractivity contribution in [1.29, 1.82) is 0 Å². The lowest BCUT2D eigenvalue weighted by Crippen LogP contribution is -2.49. The minimum Gasteiger partial charge on any atom is -0.508 e. The Morgan fingerprint density at radius 1 is 1.26 bits per heavy atom. The minimum atomic E-state index is -0.0656. The quantitative estimate of drug-likeness (QED) is 0.661. The number of phenols is 1. The first-order valence-electron chi connectivity index (χ1n) is 9.37. The largest absolute Gasteiger partial charge is 0.508 e. The average Bonchev–Trinajstić information content (AvgIpc) is 2.68. The molecule has 142 valence electrons. The van der Waals surface area contributed by atoms with Crippen LogP contribution < -0.4 is 10.6 Å². The first-order valence-corrected chi connectivity index (χ1v) is 9.37. The van der Waals surface area contributed by atoms with Gasteiger partial charge < -0.3 is 20.6 Å². The highest BCUT2D eigenvalue weighted by Gasteiger charge is 2.22. The van der Waals surface area contributed by atoms with Gasteiger partial charge in [-0.25, -0.2) is 4.79 Å². The Bertz CT molecular complexity index is 776. The molecule has 0 saturated heterocycles. The van der Waals surface area contributed by atoms with Gasteiger partial charge in [-0.05, 0) is 41.7 Å². The maximum absolute atomic E-state index is 12.6. The second-order valence-electron chi connectivity index (χ2n) is 6.90. The molecule has 3 rings (SSSR count). The van der Waals surface area contributed by atoms with Gasteiger partial charge in [0, 0.05) is 32.2 Å². The predicted octanol–water partition coefficient (Wildman–Crippen LogP) is 2.85. The van der Waals surface area contributed by atoms with Crippen molar-refractivity contribution in [1.82, 2.24) is 15.5 Å². The van der Waals surface area contributed by atoms with Crippen LogP contribution in [-0.4, -0.2) is 41.7 Å². The molecule has 0 aliphatic carbocycles. The van der Waals surface area contributed by atoms with Crippen LogP contribution in [0, 0.1) is 0 Å². The molecule has 2 amide bonds. The summed E-state index contributed by atoms with van der Waals surface area (Å²) in [5.41, 5.74) is 3.55. The predicted molar refractivity (Wildman–Crippen MR) is 108 cm³/mol. The zero-order valence-corrected chi connectivity index (χ0v) is 15.5. The van der Waals surface area contributed by atoms with E-state index in [0.29, 0.717) is 31.9 Å². The van der Waals surface area contributed by atoms with Crippen molar-refractivity contribution >= 4 is 6.03 Å². The van der Waals surface area contributed by atoms with E-state index in [1.54, 1.807) is 23.1 Å². The molecule has 1 aliphatic rings. The topological polar surface area (TPSA) is 64.6 Å². The summed E-state index contributed by atoms with van der Waals surface area (Å²) in [6.45, 7) is 6.21. The fourth-order valence-corrected chi connectivity index (χ4v) is 3.43. The van der Waals surface area contributed by atoms with Crippen LogP contribution in [0.25, 0.3) is 0 Å². The molecule has 0 bridgehead atoms. The number of benzene rings is 2. The Hall–Kier alpha value is -2.79. The highest BCUT2D eigenvalue weighted by molar-refractivity contribution is 5.74. The molecule has 1 aliphatic heterocycles. The number of carbonyl (C=O) groups excluding carboxylic acids is 1. The number of nitrogens with zero attached hydrogens (tertiary/aromatic N) is 1. The molecular weight excluding hydrogens is 338 g/mol. The maximum Gasteiger partial charge on any atom is 0.317 e. The highest BCUT2D eigenvalue weighted by Crippen LogP contribution is 2.21. The fraction of sp³-hybridized carbons (Fsp3) is 0.318. The molecule has 0 saturated carbocycles. The van der Waals surface area contributed by atoms with Crippen molar-refractivity contribution in [2.75, 3.05) is 19.6 Å². The van der Waals surface area contributed by atoms with E-state index in [9.17, 15) is 9.90 Å². The van der Waals surface area contributed by atoms with E-state index in [4.69, 9.17) is 0 Å². The van der Waals surface area contributed by atoms with E-state index >= 15 is 0 Å². The maximum atomic E-state index is 12.6. The van der Waals surface area contributed by atoms with Gasteiger partial charge in [-0.15, -0.1) is 6.58 Å². The van der Waals surface area contributed by atoms with Crippen molar-refractivity contribution in [3.05, 3.63) is 77.9 Å². The van der Waals surface area contributed by atoms with Crippen LogP contribution in [-0.2, 0) is 19.4 Å². The molecule has 5 heteroatoms. The summed E-state index contributed by atoms with van der Waals surface area (Å²) in [6.07, 6.45) is 3.40. The molecule has 2 aromatic carbocycles. The van der Waals surface area contributed by atoms with Crippen LogP contribution in [0.5, 0.6) is 5.75 Å². The molecule has 5 nitrogen and oxygen atoms in total. The summed E-state index contributed by atoms with van der Waals surface area (Å²) in [5, 5.41) is 16.1. The Morgan fingerprint density at radius 3 is 2.85 bits per heavy atom. The third-order valence-electron chi connectivity index (χ3n) is 4.85. The lowest BCUT2D eigenvalue weighted by atomic mass is 9.95. The molecule has 0 aromatic heterocycles. The number of hydrogen-bond donors (Lipinski definition) is 3. The van der Waals surface area contributed by atoms with Crippen molar-refractivity contribution < 1.29 is 9.90 Å². The van der Waals surface area contributed by atoms with Crippen molar-refractivity contribution in [2.45, 2.75) is 25.4 Å². The van der Waals surface area contributed by atoms with E-state index < -0.39 is 0 Å². The van der Waals surface area contributed by atoms with Gasteiger partial charge in [0.1, 0.15) is 5.75 Å². The summed E-state index contributed by atoms with van der Waals surface area (Å²) in [4.78, 5) is 14.4. The second kappa shape index (κ2) is 9.24. The SMILES string of the molecule is C=CCN(C[C@@H]1Cc2ccc(O)cc2CN1)C(=O)NCCc1ccccc1. The van der Waals surface area contributed by atoms with Gasteiger partial charge in [-0.1, -0.05) is 42.5 Å². The lowest BCUT2D eigenvalue weighted by molar-refractivity contribution is 0.196. The van der Waals surface area contributed by atoms with Crippen LogP contribution >= 0.6 is 0 Å². The van der Waals surface area contributed by atoms with Crippen LogP contribution in [0.1, 0.15) is 16.7 Å². The van der Waals surface area contributed by atoms with Gasteiger partial charge in [0.25, 0.3) is 0 Å². The number of urea groups is 1. The Balaban J connectivity index is 1.53. The van der Waals surface area contributed by atoms with Gasteiger partial charge in [-0.3, -0.25) is 0 Å². The molecule has 1 heterocycles. The van der Waals surface area contributed by atoms with E-state index in [2.05, 4.69) is 29.3 Å². The van der Waals surface area contributed by atoms with Crippen molar-refractivity contribution in [3.63, 3.8) is 0 Å². The van der Waals surface area contributed by atoms with Gasteiger partial charge >= 0.3 is 6.03 Å². The first kappa shape index (κ1) is 19.0. The third kappa shape index (κ3) is 5.34. The molecule has 2 aromatic rings. The lowest BCUT2D eigenvalue weighted by Gasteiger charge is -2.31. The number of phenolic OH excluding ortho intramolecular Hbond substituents is 1. The van der Waals surface area contributed by atoms with Crippen LogP contribution in [0.3, 0.4) is 0 Å². The van der Waals surface area contributed by atoms with Crippen LogP contribution in [0.4, 0.5) is 4.79 Å². The Labute approximate surface area is 160 Å². The van der Waals surface area contributed by atoms with Gasteiger partial charge in [0.2, 0.25) is 0 Å². The van der Waals surface area contributed by atoms with Crippen LogP contribution in [0.2, 0.25) is 0 Å². The normalized spacial score (nSPS) is 15.6. The van der Waals surface area contributed by atoms with E-state index in [1.165, 1.54) is 11.1 Å². The van der Waals surface area contributed by atoms with Gasteiger partial charge in [0.05, 0.1) is 0 Å². The van der Waals surface area contributed by atoms with E-state index in [1.807, 2.05) is 24.3 Å². The molecule has 0 unspecified atom stereocenters. The number of rotatable bonds is 7. The summed E-state index contributed by atoms with van der Waals surface area (Å²) >= 11 is 0. The number of aromatic hydroxyl groups is 1. The third-order valence-corrected chi connectivity index (χ3v) is 4.85. The number of hydrogen-bond acceptors (Lipinski definition) is 3. The van der Waals surface area contributed by atoms with Gasteiger partial charge in [-0.2, -0.15) is 0 Å². The molecule has 0 radical (unpaired) electrons. The van der Waals surface area contributed by atoms with Crippen LogP contribution in [0.15, 0.2) is 61.2 Å². The summed E-state index contributed by atoms with van der Waals surface area (Å²) in [5.74, 6) is 0.292. The van der Waals surface area contributed by atoms with Gasteiger partial charge in [0.15, 0.2) is 0 Å². The summed E-state index contributed by atoms with van der Waals surface area (Å²) in [7, 11) is 0. The molecular formula is C22H27N3O2. The van der Waals surface area contributed by atoms with Crippen molar-refractivity contribution in [3.8, 4) is 5.75 Å². The molecule has 1 atom stereocenters. The summed E-state index contributed by atoms with van der Waals surface area (Å²) in [6, 6.07) is 15.7. The fourth-order valence-electron chi connectivity index (χ4n) is 3.43. The zero-order valence-electron chi connectivity index (χ0n) is 15.5. The van der Waals surface area contributed by atoms with Crippen molar-refractivity contribution in [2.24, 2.45) is 0 Å². The zero-order chi connectivity index (χ0) is 19.1. The smallest absolute Gasteiger partial charge is 0.317 e. The average molecular weight is 365 g/mol. The molecule has 3 N–H and O–H groups in total. The number of fused-ring (bicyclic) bond motifs is 1. The molecule has 27 heavy (non-hydrogen) atoms. The Kier molecular flexibility index (Phi) is 6.49. The van der Waals surface area contributed by atoms with E-state index in [0.717, 1.165) is 18.4 Å². The second-order valence-corrected chi connectivity index (χ2v) is 6.90. The summed E-state index contributed by atoms with van der Waals surface area (Å²) < 4.78 is 0. The molecule has 0 fully saturated rings. The standard InChI is InChI=1S/C22H27N3O2/c1-2-12-25(22(27)23-11-10-17-6-4-3-5-7-17)16-20-13-18-8-9-21(26)14-19(18)15-24-20/h2-9,14,20,24,26H,1,10-13,15-16H2,(H,23,27)/t20-/m0/s1. The monoisotopic (exact) mass is 365 g/mol. The number of carbonyl (C=O) groups is 1.